The van der Waals surface area contributed by atoms with Crippen molar-refractivity contribution in [2.24, 2.45) is 11.7 Å². The van der Waals surface area contributed by atoms with Crippen molar-refractivity contribution < 1.29 is 4.74 Å². The van der Waals surface area contributed by atoms with Crippen LogP contribution < -0.4 is 16.4 Å². The van der Waals surface area contributed by atoms with Gasteiger partial charge in [0.25, 0.3) is 0 Å². The minimum Gasteiger partial charge on any atom is -0.383 e. The summed E-state index contributed by atoms with van der Waals surface area (Å²) in [5.74, 6) is 2.44. The normalized spacial score (nSPS) is 24.9. The zero-order valence-corrected chi connectivity index (χ0v) is 15.5. The molecule has 0 aromatic carbocycles. The van der Waals surface area contributed by atoms with Gasteiger partial charge in [-0.25, -0.2) is 4.98 Å². The van der Waals surface area contributed by atoms with E-state index in [9.17, 15) is 0 Å². The van der Waals surface area contributed by atoms with Crippen molar-refractivity contribution in [3.8, 4) is 0 Å². The van der Waals surface area contributed by atoms with E-state index in [4.69, 9.17) is 16.2 Å². The largest absolute Gasteiger partial charge is 0.383 e. The van der Waals surface area contributed by atoms with Crippen LogP contribution in [-0.4, -0.2) is 67.9 Å². The van der Waals surface area contributed by atoms with E-state index in [1.165, 1.54) is 12.8 Å². The molecule has 0 atom stereocenters. The highest BCUT2D eigenvalue weighted by Gasteiger charge is 2.29. The van der Waals surface area contributed by atoms with Gasteiger partial charge in [-0.1, -0.05) is 0 Å². The molecule has 2 heterocycles. The van der Waals surface area contributed by atoms with Crippen molar-refractivity contribution in [3.05, 3.63) is 11.8 Å². The Labute approximate surface area is 150 Å². The third kappa shape index (κ3) is 4.80. The molecule has 1 saturated carbocycles. The summed E-state index contributed by atoms with van der Waals surface area (Å²) in [7, 11) is 3.87. The lowest BCUT2D eigenvalue weighted by Gasteiger charge is -2.35. The number of piperidine rings is 1. The molecule has 0 spiro atoms. The Balaban J connectivity index is 1.54. The van der Waals surface area contributed by atoms with Crippen LogP contribution in [0.25, 0.3) is 0 Å². The van der Waals surface area contributed by atoms with E-state index >= 15 is 0 Å². The number of nitrogen functional groups attached to an aromatic ring is 1. The summed E-state index contributed by atoms with van der Waals surface area (Å²) < 4.78 is 5.17. The van der Waals surface area contributed by atoms with E-state index in [0.717, 1.165) is 57.1 Å². The van der Waals surface area contributed by atoms with Crippen LogP contribution in [-0.2, 0) is 4.74 Å². The van der Waals surface area contributed by atoms with Gasteiger partial charge in [-0.3, -0.25) is 0 Å². The molecule has 0 amide bonds. The molecule has 0 radical (unpaired) electrons. The second-order valence-electron chi connectivity index (χ2n) is 7.60. The van der Waals surface area contributed by atoms with Crippen molar-refractivity contribution in [3.63, 3.8) is 0 Å². The molecule has 0 unspecified atom stereocenters. The van der Waals surface area contributed by atoms with Gasteiger partial charge in [-0.15, -0.1) is 0 Å². The molecule has 140 valence electrons. The Morgan fingerprint density at radius 1 is 1.28 bits per heavy atom. The van der Waals surface area contributed by atoms with E-state index in [2.05, 4.69) is 32.9 Å². The second kappa shape index (κ2) is 8.29. The lowest BCUT2D eigenvalue weighted by molar-refractivity contribution is 0.121. The molecule has 2 fully saturated rings. The number of methoxy groups -OCH3 is 1. The monoisotopic (exact) mass is 348 g/mol. The Hall–Kier alpha value is -1.44. The summed E-state index contributed by atoms with van der Waals surface area (Å²) in [6, 6.07) is 2.41. The number of aromatic nitrogens is 2. The number of anilines is 2. The van der Waals surface area contributed by atoms with Crippen molar-refractivity contribution >= 4 is 11.8 Å². The minimum absolute atomic E-state index is 0.311. The van der Waals surface area contributed by atoms with Crippen molar-refractivity contribution in [1.29, 1.82) is 0 Å². The molecule has 1 saturated heterocycles. The van der Waals surface area contributed by atoms with Gasteiger partial charge in [0.05, 0.1) is 12.3 Å². The fourth-order valence-electron chi connectivity index (χ4n) is 3.87. The summed E-state index contributed by atoms with van der Waals surface area (Å²) in [4.78, 5) is 13.6. The molecule has 4 N–H and O–H groups in total. The Kier molecular flexibility index (Phi) is 6.09. The number of likely N-dealkylation sites (tertiary alicyclic amines) is 1. The molecular formula is C18H32N6O. The van der Waals surface area contributed by atoms with Crippen LogP contribution in [0.1, 0.15) is 37.3 Å². The first kappa shape index (κ1) is 18.4. The first-order valence-corrected chi connectivity index (χ1v) is 9.37. The summed E-state index contributed by atoms with van der Waals surface area (Å²) in [5, 5.41) is 0. The maximum atomic E-state index is 5.95. The number of rotatable bonds is 7. The Morgan fingerprint density at radius 2 is 2.00 bits per heavy atom. The first-order valence-electron chi connectivity index (χ1n) is 9.37. The predicted octanol–water partition coefficient (Wildman–Crippen LogP) is 1.06. The van der Waals surface area contributed by atoms with Gasteiger partial charge in [0, 0.05) is 45.3 Å². The van der Waals surface area contributed by atoms with E-state index in [-0.39, 0.29) is 0 Å². The molecule has 1 aliphatic carbocycles. The topological polar surface area (TPSA) is 93.5 Å². The first-order chi connectivity index (χ1) is 12.0. The van der Waals surface area contributed by atoms with Gasteiger partial charge < -0.3 is 26.0 Å². The highest BCUT2D eigenvalue weighted by Crippen LogP contribution is 2.35. The summed E-state index contributed by atoms with van der Waals surface area (Å²) in [6.07, 6.45) is 4.44. The number of nitrogens with zero attached hydrogens (tertiary/aromatic N) is 4. The highest BCUT2D eigenvalue weighted by molar-refractivity contribution is 5.44. The van der Waals surface area contributed by atoms with E-state index < -0.39 is 0 Å². The van der Waals surface area contributed by atoms with Crippen LogP contribution in [0.2, 0.25) is 0 Å². The molecule has 25 heavy (non-hydrogen) atoms. The number of hydrogen-bond acceptors (Lipinski definition) is 7. The number of nitrogens with two attached hydrogens (primary N) is 2. The van der Waals surface area contributed by atoms with Crippen LogP contribution in [0.5, 0.6) is 0 Å². The van der Waals surface area contributed by atoms with Crippen LogP contribution in [0.15, 0.2) is 6.07 Å². The Bertz CT molecular complexity index is 554. The van der Waals surface area contributed by atoms with Crippen molar-refractivity contribution in [2.45, 2.75) is 37.6 Å². The third-order valence-electron chi connectivity index (χ3n) is 5.58. The summed E-state index contributed by atoms with van der Waals surface area (Å²) in [6.45, 7) is 5.17. The van der Waals surface area contributed by atoms with E-state index in [0.29, 0.717) is 23.8 Å². The molecule has 1 aromatic heterocycles. The molecule has 7 heteroatoms. The average Bonchev–Trinajstić information content (AvgIpc) is 2.58. The summed E-state index contributed by atoms with van der Waals surface area (Å²) in [5.41, 5.74) is 12.9. The van der Waals surface area contributed by atoms with Crippen LogP contribution in [0, 0.1) is 5.92 Å². The van der Waals surface area contributed by atoms with E-state index in [1.807, 2.05) is 0 Å². The number of hydrogen-bond donors (Lipinski definition) is 2. The predicted molar refractivity (Wildman–Crippen MR) is 101 cm³/mol. The van der Waals surface area contributed by atoms with Gasteiger partial charge in [-0.2, -0.15) is 4.98 Å². The molecular weight excluding hydrogens is 316 g/mol. The van der Waals surface area contributed by atoms with Crippen LogP contribution >= 0.6 is 0 Å². The SMILES string of the molecule is COCCN1CCC(CN(C)c2cc(C3CC(N)C3)nc(N)n2)CC1. The quantitative estimate of drug-likeness (QED) is 0.761. The smallest absolute Gasteiger partial charge is 0.222 e. The summed E-state index contributed by atoms with van der Waals surface area (Å²) >= 11 is 0. The van der Waals surface area contributed by atoms with Crippen molar-refractivity contribution in [2.75, 3.05) is 57.6 Å². The molecule has 2 aliphatic rings. The average molecular weight is 348 g/mol. The third-order valence-corrected chi connectivity index (χ3v) is 5.58. The van der Waals surface area contributed by atoms with Crippen molar-refractivity contribution in [1.82, 2.24) is 14.9 Å². The maximum absolute atomic E-state index is 5.95. The molecule has 7 nitrogen and oxygen atoms in total. The number of ether oxygens (including phenoxy) is 1. The fraction of sp³-hybridized carbons (Fsp3) is 0.778. The maximum Gasteiger partial charge on any atom is 0.222 e. The van der Waals surface area contributed by atoms with Crippen LogP contribution in [0.4, 0.5) is 11.8 Å². The Morgan fingerprint density at radius 3 is 2.64 bits per heavy atom. The van der Waals surface area contributed by atoms with Gasteiger partial charge in [-0.05, 0) is 44.7 Å². The van der Waals surface area contributed by atoms with Gasteiger partial charge in [0.15, 0.2) is 0 Å². The zero-order valence-electron chi connectivity index (χ0n) is 15.5. The molecule has 0 bridgehead atoms. The molecule has 1 aliphatic heterocycles. The molecule has 3 rings (SSSR count). The minimum atomic E-state index is 0.311. The second-order valence-corrected chi connectivity index (χ2v) is 7.60. The van der Waals surface area contributed by atoms with Gasteiger partial charge in [0.2, 0.25) is 5.95 Å². The van der Waals surface area contributed by atoms with Gasteiger partial charge >= 0.3 is 0 Å². The standard InChI is InChI=1S/C18H32N6O/c1-23(12-13-3-5-24(6-4-13)7-8-25-2)17-11-16(21-18(20)22-17)14-9-15(19)10-14/h11,13-15H,3-10,12,19H2,1-2H3,(H2,20,21,22). The van der Waals surface area contributed by atoms with Gasteiger partial charge in [0.1, 0.15) is 5.82 Å². The van der Waals surface area contributed by atoms with Crippen LogP contribution in [0.3, 0.4) is 0 Å². The lowest BCUT2D eigenvalue weighted by Crippen LogP contribution is -2.39. The highest BCUT2D eigenvalue weighted by atomic mass is 16.5. The fourth-order valence-corrected chi connectivity index (χ4v) is 3.87. The lowest BCUT2D eigenvalue weighted by atomic mass is 9.78. The zero-order chi connectivity index (χ0) is 17.8. The van der Waals surface area contributed by atoms with E-state index in [1.54, 1.807) is 7.11 Å². The molecule has 1 aromatic rings.